The third kappa shape index (κ3) is 4.21. The third-order valence-corrected chi connectivity index (χ3v) is 7.77. The van der Waals surface area contributed by atoms with E-state index in [1.807, 2.05) is 50.0 Å². The van der Waals surface area contributed by atoms with E-state index < -0.39 is 0 Å². The van der Waals surface area contributed by atoms with Crippen molar-refractivity contribution >= 4 is 11.3 Å². The predicted molar refractivity (Wildman–Crippen MR) is 150 cm³/mol. The number of piperazine rings is 1. The van der Waals surface area contributed by atoms with E-state index in [4.69, 9.17) is 4.98 Å². The van der Waals surface area contributed by atoms with Gasteiger partial charge in [0.1, 0.15) is 11.9 Å². The molecular weight excluding hydrogens is 484 g/mol. The van der Waals surface area contributed by atoms with Gasteiger partial charge in [-0.2, -0.15) is 15.5 Å². The van der Waals surface area contributed by atoms with Crippen LogP contribution in [0, 0.1) is 23.2 Å². The van der Waals surface area contributed by atoms with Crippen molar-refractivity contribution in [2.24, 2.45) is 7.05 Å². The number of nitrogens with zero attached hydrogens (tertiary/aromatic N) is 8. The van der Waals surface area contributed by atoms with E-state index in [9.17, 15) is 5.26 Å². The van der Waals surface area contributed by atoms with Crippen LogP contribution in [0.1, 0.15) is 17.5 Å². The van der Waals surface area contributed by atoms with Crippen molar-refractivity contribution in [2.45, 2.75) is 18.5 Å². The molecule has 4 aromatic heterocycles. The van der Waals surface area contributed by atoms with Gasteiger partial charge in [-0.3, -0.25) is 9.58 Å². The molecule has 3 fully saturated rings. The normalized spacial score (nSPS) is 18.3. The first-order chi connectivity index (χ1) is 19.2. The molecule has 8 heteroatoms. The molecule has 0 amide bonds. The van der Waals surface area contributed by atoms with Gasteiger partial charge in [0.15, 0.2) is 0 Å². The van der Waals surface area contributed by atoms with Gasteiger partial charge >= 0.3 is 0 Å². The van der Waals surface area contributed by atoms with E-state index >= 15 is 0 Å². The van der Waals surface area contributed by atoms with Crippen LogP contribution in [-0.2, 0) is 7.05 Å². The molecule has 0 N–H and O–H groups in total. The molecule has 2 unspecified atom stereocenters. The largest absolute Gasteiger partial charge is 0.353 e. The number of hydrogen-bond acceptors (Lipinski definition) is 6. The summed E-state index contributed by atoms with van der Waals surface area (Å²) in [6, 6.07) is 19.8. The second kappa shape index (κ2) is 9.43. The van der Waals surface area contributed by atoms with E-state index in [1.165, 1.54) is 6.42 Å². The average molecular weight is 511 g/mol. The van der Waals surface area contributed by atoms with Crippen LogP contribution < -0.4 is 4.90 Å². The number of benzene rings is 1. The van der Waals surface area contributed by atoms with E-state index in [2.05, 4.69) is 68.2 Å². The molecule has 5 aromatic rings. The molecule has 3 aliphatic heterocycles. The van der Waals surface area contributed by atoms with Crippen molar-refractivity contribution < 1.29 is 0 Å². The molecule has 39 heavy (non-hydrogen) atoms. The van der Waals surface area contributed by atoms with Gasteiger partial charge < -0.3 is 4.90 Å². The highest BCUT2D eigenvalue weighted by atomic mass is 15.4. The first kappa shape index (κ1) is 23.2. The van der Waals surface area contributed by atoms with Gasteiger partial charge in [0.25, 0.3) is 0 Å². The van der Waals surface area contributed by atoms with E-state index in [1.54, 1.807) is 15.4 Å². The number of rotatable bonds is 4. The summed E-state index contributed by atoms with van der Waals surface area (Å²) in [4.78, 5) is 9.76. The minimum atomic E-state index is 0.510. The topological polar surface area (TPSA) is 78.3 Å². The minimum absolute atomic E-state index is 0.510. The monoisotopic (exact) mass is 510 g/mol. The van der Waals surface area contributed by atoms with E-state index in [-0.39, 0.29) is 0 Å². The summed E-state index contributed by atoms with van der Waals surface area (Å²) in [5.41, 5.74) is 6.24. The Morgan fingerprint density at radius 2 is 1.77 bits per heavy atom. The molecule has 0 radical (unpaired) electrons. The summed E-state index contributed by atoms with van der Waals surface area (Å²) in [5.74, 6) is 7.63. The lowest BCUT2D eigenvalue weighted by Crippen LogP contribution is -2.68. The number of aryl methyl sites for hydroxylation is 1. The number of nitriles is 1. The zero-order chi connectivity index (χ0) is 26.3. The van der Waals surface area contributed by atoms with Crippen LogP contribution in [0.5, 0.6) is 0 Å². The standard InChI is InChI=1S/C31H26N8/c1-36-18-26(17-34-36)24-12-29(31-25(14-32)16-35-39(31)19-24)23-9-10-30(33-15-23)37-20-27-13-28(21-37)38(27)11-5-8-22-6-3-2-4-7-22/h2-4,6-7,9-10,12,15-19,27-28H,11,13,20-21H2,1H3. The van der Waals surface area contributed by atoms with Crippen molar-refractivity contribution in [3.05, 3.63) is 90.6 Å². The number of aromatic nitrogens is 5. The summed E-state index contributed by atoms with van der Waals surface area (Å²) >= 11 is 0. The Labute approximate surface area is 226 Å². The van der Waals surface area contributed by atoms with Gasteiger partial charge in [0, 0.05) is 78.6 Å². The molecule has 7 heterocycles. The number of piperidine rings is 1. The van der Waals surface area contributed by atoms with Crippen LogP contribution in [0.4, 0.5) is 5.82 Å². The van der Waals surface area contributed by atoms with Gasteiger partial charge in [-0.25, -0.2) is 9.50 Å². The van der Waals surface area contributed by atoms with Crippen LogP contribution in [-0.4, -0.2) is 61.0 Å². The third-order valence-electron chi connectivity index (χ3n) is 7.77. The van der Waals surface area contributed by atoms with Crippen LogP contribution >= 0.6 is 0 Å². The summed E-state index contributed by atoms with van der Waals surface area (Å²) in [6.07, 6.45) is 10.5. The highest BCUT2D eigenvalue weighted by Crippen LogP contribution is 2.35. The molecule has 190 valence electrons. The van der Waals surface area contributed by atoms with Crippen LogP contribution in [0.2, 0.25) is 0 Å². The number of anilines is 1. The lowest BCUT2D eigenvalue weighted by Gasteiger charge is -2.56. The van der Waals surface area contributed by atoms with Gasteiger partial charge in [-0.15, -0.1) is 0 Å². The summed E-state index contributed by atoms with van der Waals surface area (Å²) in [5, 5.41) is 18.5. The SMILES string of the molecule is Cn1cc(-c2cc(-c3ccc(N4CC5CC(C4)N5CC#Cc4ccccc4)nc3)c3c(C#N)cnn3c2)cn1. The summed E-state index contributed by atoms with van der Waals surface area (Å²) < 4.78 is 3.55. The fourth-order valence-corrected chi connectivity index (χ4v) is 5.77. The zero-order valence-electron chi connectivity index (χ0n) is 21.6. The fourth-order valence-electron chi connectivity index (χ4n) is 5.77. The Morgan fingerprint density at radius 1 is 0.923 bits per heavy atom. The number of fused-ring (bicyclic) bond motifs is 3. The molecule has 2 bridgehead atoms. The Bertz CT molecular complexity index is 1750. The van der Waals surface area contributed by atoms with Crippen molar-refractivity contribution in [1.29, 1.82) is 5.26 Å². The molecule has 3 aliphatic rings. The predicted octanol–water partition coefficient (Wildman–Crippen LogP) is 3.98. The second-order valence-corrected chi connectivity index (χ2v) is 10.2. The first-order valence-electron chi connectivity index (χ1n) is 13.1. The molecule has 8 rings (SSSR count). The highest BCUT2D eigenvalue weighted by molar-refractivity contribution is 5.87. The lowest BCUT2D eigenvalue weighted by atomic mass is 9.87. The Balaban J connectivity index is 1.11. The maximum Gasteiger partial charge on any atom is 0.128 e. The molecule has 8 nitrogen and oxygen atoms in total. The fraction of sp³-hybridized carbons (Fsp3) is 0.226. The van der Waals surface area contributed by atoms with Crippen LogP contribution in [0.15, 0.2) is 79.5 Å². The van der Waals surface area contributed by atoms with Gasteiger partial charge in [-0.05, 0) is 36.8 Å². The lowest BCUT2D eigenvalue weighted by molar-refractivity contribution is 0.0125. The molecule has 3 saturated heterocycles. The molecule has 0 aliphatic carbocycles. The summed E-state index contributed by atoms with van der Waals surface area (Å²) in [7, 11) is 1.90. The van der Waals surface area contributed by atoms with Crippen LogP contribution in [0.3, 0.4) is 0 Å². The smallest absolute Gasteiger partial charge is 0.128 e. The first-order valence-corrected chi connectivity index (χ1v) is 13.1. The second-order valence-electron chi connectivity index (χ2n) is 10.2. The molecule has 2 atom stereocenters. The van der Waals surface area contributed by atoms with Gasteiger partial charge in [-0.1, -0.05) is 30.0 Å². The van der Waals surface area contributed by atoms with Crippen molar-refractivity contribution in [3.63, 3.8) is 0 Å². The van der Waals surface area contributed by atoms with E-state index in [0.717, 1.165) is 58.8 Å². The van der Waals surface area contributed by atoms with E-state index in [0.29, 0.717) is 17.6 Å². The molecular formula is C31H26N8. The molecule has 0 saturated carbocycles. The molecule has 1 aromatic carbocycles. The molecule has 0 spiro atoms. The van der Waals surface area contributed by atoms with Crippen molar-refractivity contribution in [1.82, 2.24) is 29.3 Å². The van der Waals surface area contributed by atoms with Crippen molar-refractivity contribution in [2.75, 3.05) is 24.5 Å². The minimum Gasteiger partial charge on any atom is -0.353 e. The Hall–Kier alpha value is -4.92. The Morgan fingerprint density at radius 3 is 2.49 bits per heavy atom. The Kier molecular flexibility index (Phi) is 5.61. The average Bonchev–Trinajstić information content (AvgIpc) is 3.61. The maximum atomic E-state index is 9.71. The zero-order valence-corrected chi connectivity index (χ0v) is 21.6. The van der Waals surface area contributed by atoms with Gasteiger partial charge in [0.2, 0.25) is 0 Å². The quantitative estimate of drug-likeness (QED) is 0.341. The number of hydrogen-bond donors (Lipinski definition) is 0. The van der Waals surface area contributed by atoms with Crippen LogP contribution in [0.25, 0.3) is 27.8 Å². The summed E-state index contributed by atoms with van der Waals surface area (Å²) in [6.45, 7) is 2.72. The highest BCUT2D eigenvalue weighted by Gasteiger charge is 2.44. The maximum absolute atomic E-state index is 9.71. The van der Waals surface area contributed by atoms with Crippen molar-refractivity contribution in [3.8, 4) is 40.2 Å². The number of pyridine rings is 2. The van der Waals surface area contributed by atoms with Gasteiger partial charge in [0.05, 0.1) is 30.0 Å².